The van der Waals surface area contributed by atoms with Gasteiger partial charge < -0.3 is 5.11 Å². The highest BCUT2D eigenvalue weighted by Gasteiger charge is 2.47. The highest BCUT2D eigenvalue weighted by molar-refractivity contribution is 6.51. The number of carbonyl (C=O) groups is 2. The molecule has 1 amide bonds. The first kappa shape index (κ1) is 21.5. The van der Waals surface area contributed by atoms with E-state index in [9.17, 15) is 19.1 Å². The Bertz CT molecular complexity index is 1250. The van der Waals surface area contributed by atoms with Gasteiger partial charge in [0.05, 0.1) is 11.6 Å². The number of rotatable bonds is 3. The molecule has 5 heteroatoms. The zero-order valence-corrected chi connectivity index (χ0v) is 18.4. The van der Waals surface area contributed by atoms with Gasteiger partial charge in [0.15, 0.2) is 0 Å². The van der Waals surface area contributed by atoms with Crippen molar-refractivity contribution in [1.29, 1.82) is 0 Å². The van der Waals surface area contributed by atoms with Crippen LogP contribution in [0.25, 0.3) is 5.76 Å². The van der Waals surface area contributed by atoms with E-state index in [0.29, 0.717) is 16.8 Å². The van der Waals surface area contributed by atoms with Gasteiger partial charge in [0.25, 0.3) is 11.7 Å². The van der Waals surface area contributed by atoms with Crippen LogP contribution >= 0.6 is 0 Å². The predicted octanol–water partition coefficient (Wildman–Crippen LogP) is 5.69. The van der Waals surface area contributed by atoms with Crippen LogP contribution in [0.5, 0.6) is 0 Å². The van der Waals surface area contributed by atoms with E-state index in [1.807, 2.05) is 58.0 Å². The summed E-state index contributed by atoms with van der Waals surface area (Å²) in [6.07, 6.45) is 0. The maximum Gasteiger partial charge on any atom is 0.300 e. The number of aliphatic hydroxyl groups is 1. The number of halogens is 1. The zero-order chi connectivity index (χ0) is 23.2. The lowest BCUT2D eigenvalue weighted by Gasteiger charge is -2.26. The van der Waals surface area contributed by atoms with Crippen LogP contribution in [-0.2, 0) is 9.59 Å². The Morgan fingerprint density at radius 1 is 0.844 bits per heavy atom. The van der Waals surface area contributed by atoms with Crippen LogP contribution in [0.1, 0.15) is 39.4 Å². The number of carbonyl (C=O) groups excluding carboxylic acids is 2. The normalized spacial score (nSPS) is 17.8. The summed E-state index contributed by atoms with van der Waals surface area (Å²) in [6, 6.07) is 16.0. The number of hydrogen-bond donors (Lipinski definition) is 1. The summed E-state index contributed by atoms with van der Waals surface area (Å²) in [5.74, 6) is -2.15. The molecule has 1 heterocycles. The first-order chi connectivity index (χ1) is 15.2. The predicted molar refractivity (Wildman–Crippen MR) is 123 cm³/mol. The van der Waals surface area contributed by atoms with Gasteiger partial charge >= 0.3 is 0 Å². The first-order valence-corrected chi connectivity index (χ1v) is 10.4. The van der Waals surface area contributed by atoms with E-state index < -0.39 is 23.5 Å². The fourth-order valence-electron chi connectivity index (χ4n) is 4.29. The fraction of sp³-hybridized carbons (Fsp3) is 0.185. The van der Waals surface area contributed by atoms with Crippen LogP contribution in [0.4, 0.5) is 10.1 Å². The third-order valence-corrected chi connectivity index (χ3v) is 5.76. The summed E-state index contributed by atoms with van der Waals surface area (Å²) in [7, 11) is 0. The van der Waals surface area contributed by atoms with Crippen molar-refractivity contribution in [1.82, 2.24) is 0 Å². The van der Waals surface area contributed by atoms with Crippen molar-refractivity contribution < 1.29 is 19.1 Å². The molecule has 1 aliphatic rings. The molecule has 4 rings (SSSR count). The summed E-state index contributed by atoms with van der Waals surface area (Å²) < 4.78 is 13.7. The summed E-state index contributed by atoms with van der Waals surface area (Å²) in [6.45, 7) is 7.55. The first-order valence-electron chi connectivity index (χ1n) is 10.4. The molecular formula is C27H24FNO3. The van der Waals surface area contributed by atoms with E-state index in [1.54, 1.807) is 6.07 Å². The summed E-state index contributed by atoms with van der Waals surface area (Å²) in [5.41, 5.74) is 5.16. The smallest absolute Gasteiger partial charge is 0.300 e. The van der Waals surface area contributed by atoms with Crippen LogP contribution < -0.4 is 4.90 Å². The standard InChI is InChI=1S/C27H24FNO3/c1-15-5-6-18(4)22(14-15)25(30)23-24(19-7-9-20(28)10-8-19)29(27(32)26(23)31)21-12-16(2)11-17(3)13-21/h5-14,24,30H,1-4H3/b25-23+. The molecule has 1 saturated heterocycles. The van der Waals surface area contributed by atoms with Crippen LogP contribution in [0.3, 0.4) is 0 Å². The lowest BCUT2D eigenvalue weighted by Crippen LogP contribution is -2.29. The minimum atomic E-state index is -0.878. The molecule has 3 aromatic rings. The van der Waals surface area contributed by atoms with Gasteiger partial charge in [0, 0.05) is 11.3 Å². The molecule has 0 saturated carbocycles. The second-order valence-corrected chi connectivity index (χ2v) is 8.38. The molecule has 162 valence electrons. The Morgan fingerprint density at radius 2 is 1.47 bits per heavy atom. The van der Waals surface area contributed by atoms with E-state index in [0.717, 1.165) is 22.3 Å². The Morgan fingerprint density at radius 3 is 2.09 bits per heavy atom. The monoisotopic (exact) mass is 429 g/mol. The molecular weight excluding hydrogens is 405 g/mol. The largest absolute Gasteiger partial charge is 0.507 e. The molecule has 1 fully saturated rings. The van der Waals surface area contributed by atoms with E-state index in [4.69, 9.17) is 0 Å². The number of aryl methyl sites for hydroxylation is 4. The number of amides is 1. The maximum atomic E-state index is 13.7. The molecule has 1 N–H and O–H groups in total. The lowest BCUT2D eigenvalue weighted by atomic mass is 9.93. The lowest BCUT2D eigenvalue weighted by molar-refractivity contribution is -0.132. The van der Waals surface area contributed by atoms with Gasteiger partial charge in [-0.1, -0.05) is 35.9 Å². The molecule has 0 aromatic heterocycles. The molecule has 0 bridgehead atoms. The summed E-state index contributed by atoms with van der Waals surface area (Å²) >= 11 is 0. The average Bonchev–Trinajstić information content (AvgIpc) is 3.00. The molecule has 4 nitrogen and oxygen atoms in total. The molecule has 32 heavy (non-hydrogen) atoms. The van der Waals surface area contributed by atoms with Crippen molar-refractivity contribution in [3.05, 3.63) is 105 Å². The van der Waals surface area contributed by atoms with Gasteiger partial charge in [-0.25, -0.2) is 4.39 Å². The van der Waals surface area contributed by atoms with Gasteiger partial charge in [-0.15, -0.1) is 0 Å². The Labute approximate surface area is 186 Å². The van der Waals surface area contributed by atoms with Crippen molar-refractivity contribution >= 4 is 23.1 Å². The number of ketones is 1. The third-order valence-electron chi connectivity index (χ3n) is 5.76. The van der Waals surface area contributed by atoms with E-state index >= 15 is 0 Å². The highest BCUT2D eigenvalue weighted by Crippen LogP contribution is 2.43. The van der Waals surface area contributed by atoms with Crippen molar-refractivity contribution in [3.8, 4) is 0 Å². The van der Waals surface area contributed by atoms with Crippen molar-refractivity contribution in [2.24, 2.45) is 0 Å². The van der Waals surface area contributed by atoms with Crippen molar-refractivity contribution in [2.75, 3.05) is 4.90 Å². The number of benzene rings is 3. The molecule has 0 aliphatic carbocycles. The van der Waals surface area contributed by atoms with Crippen molar-refractivity contribution in [3.63, 3.8) is 0 Å². The molecule has 0 radical (unpaired) electrons. The van der Waals surface area contributed by atoms with Gasteiger partial charge in [-0.05, 0) is 80.3 Å². The van der Waals surface area contributed by atoms with Gasteiger partial charge in [-0.2, -0.15) is 0 Å². The second kappa shape index (κ2) is 8.08. The number of aliphatic hydroxyl groups excluding tert-OH is 1. The Kier molecular flexibility index (Phi) is 5.43. The van der Waals surface area contributed by atoms with E-state index in [-0.39, 0.29) is 11.3 Å². The fourth-order valence-corrected chi connectivity index (χ4v) is 4.29. The Hall–Kier alpha value is -3.73. The Balaban J connectivity index is 2.00. The zero-order valence-electron chi connectivity index (χ0n) is 18.4. The topological polar surface area (TPSA) is 57.6 Å². The minimum absolute atomic E-state index is 0.00512. The van der Waals surface area contributed by atoms with Gasteiger partial charge in [0.2, 0.25) is 0 Å². The average molecular weight is 429 g/mol. The minimum Gasteiger partial charge on any atom is -0.507 e. The van der Waals surface area contributed by atoms with Crippen LogP contribution in [0, 0.1) is 33.5 Å². The summed E-state index contributed by atoms with van der Waals surface area (Å²) in [5, 5.41) is 11.3. The highest BCUT2D eigenvalue weighted by atomic mass is 19.1. The number of hydrogen-bond acceptors (Lipinski definition) is 3. The third kappa shape index (κ3) is 3.71. The van der Waals surface area contributed by atoms with Crippen molar-refractivity contribution in [2.45, 2.75) is 33.7 Å². The molecule has 1 atom stereocenters. The van der Waals surface area contributed by atoms with Crippen LogP contribution in [-0.4, -0.2) is 16.8 Å². The van der Waals surface area contributed by atoms with Gasteiger partial charge in [0.1, 0.15) is 11.6 Å². The molecule has 0 spiro atoms. The van der Waals surface area contributed by atoms with Crippen LogP contribution in [0.15, 0.2) is 66.2 Å². The van der Waals surface area contributed by atoms with Crippen LogP contribution in [0.2, 0.25) is 0 Å². The molecule has 1 unspecified atom stereocenters. The quantitative estimate of drug-likeness (QED) is 0.331. The second-order valence-electron chi connectivity index (χ2n) is 8.38. The number of anilines is 1. The molecule has 3 aromatic carbocycles. The molecule has 1 aliphatic heterocycles. The van der Waals surface area contributed by atoms with E-state index in [2.05, 4.69) is 0 Å². The summed E-state index contributed by atoms with van der Waals surface area (Å²) in [4.78, 5) is 27.9. The van der Waals surface area contributed by atoms with E-state index in [1.165, 1.54) is 29.2 Å². The van der Waals surface area contributed by atoms with Gasteiger partial charge in [-0.3, -0.25) is 14.5 Å². The SMILES string of the molecule is Cc1cc(C)cc(N2C(=O)C(=O)/C(=C(/O)c3cc(C)ccc3C)C2c2ccc(F)cc2)c1. The number of Topliss-reactive ketones (excluding diaryl/α,β-unsaturated/α-hetero) is 1. The number of nitrogens with zero attached hydrogens (tertiary/aromatic N) is 1. The maximum absolute atomic E-state index is 13.7.